The number of aromatic amines is 1. The highest BCUT2D eigenvalue weighted by Gasteiger charge is 2.18. The minimum absolute atomic E-state index is 0.00269. The van der Waals surface area contributed by atoms with Crippen molar-refractivity contribution in [1.29, 1.82) is 0 Å². The number of aromatic nitrogens is 3. The first kappa shape index (κ1) is 20.8. The highest BCUT2D eigenvalue weighted by Crippen LogP contribution is 2.24. The molecule has 2 N–H and O–H groups in total. The summed E-state index contributed by atoms with van der Waals surface area (Å²) in [5.74, 6) is -0.228. The summed E-state index contributed by atoms with van der Waals surface area (Å²) in [5, 5.41) is 8.41. The zero-order valence-corrected chi connectivity index (χ0v) is 18.8. The first-order valence-electron chi connectivity index (χ1n) is 10.0. The molecule has 0 saturated carbocycles. The minimum atomic E-state index is -0.252. The monoisotopic (exact) mass is 432 g/mol. The van der Waals surface area contributed by atoms with Gasteiger partial charge in [0.15, 0.2) is 0 Å². The van der Waals surface area contributed by atoms with Crippen molar-refractivity contribution in [3.63, 3.8) is 0 Å². The van der Waals surface area contributed by atoms with Gasteiger partial charge in [0.1, 0.15) is 0 Å². The van der Waals surface area contributed by atoms with Crippen LogP contribution in [0.5, 0.6) is 0 Å². The first-order valence-corrected chi connectivity index (χ1v) is 10.9. The number of benzene rings is 2. The SMILES string of the molecule is Cc1ccc(-c2csc(-n3[nH]c(C)c(CC(=O)Nc4ccc(C)c(C)c4)c3=O)n2)cc1. The van der Waals surface area contributed by atoms with Crippen molar-refractivity contribution in [3.8, 4) is 16.4 Å². The Bertz CT molecular complexity index is 1310. The molecule has 2 aromatic carbocycles. The Labute approximate surface area is 184 Å². The van der Waals surface area contributed by atoms with Gasteiger partial charge in [-0.2, -0.15) is 4.68 Å². The van der Waals surface area contributed by atoms with Crippen LogP contribution in [0.2, 0.25) is 0 Å². The predicted molar refractivity (Wildman–Crippen MR) is 125 cm³/mol. The molecule has 0 atom stereocenters. The van der Waals surface area contributed by atoms with Gasteiger partial charge < -0.3 is 5.32 Å². The number of amides is 1. The largest absolute Gasteiger partial charge is 0.326 e. The van der Waals surface area contributed by atoms with Crippen LogP contribution in [0.1, 0.15) is 27.9 Å². The lowest BCUT2D eigenvalue weighted by atomic mass is 10.1. The quantitative estimate of drug-likeness (QED) is 0.480. The van der Waals surface area contributed by atoms with E-state index in [4.69, 9.17) is 0 Å². The average molecular weight is 433 g/mol. The second-order valence-corrected chi connectivity index (χ2v) is 8.60. The van der Waals surface area contributed by atoms with Crippen LogP contribution < -0.4 is 10.9 Å². The van der Waals surface area contributed by atoms with E-state index in [9.17, 15) is 9.59 Å². The van der Waals surface area contributed by atoms with Crippen LogP contribution in [-0.4, -0.2) is 20.7 Å². The lowest BCUT2D eigenvalue weighted by Crippen LogP contribution is -2.22. The fourth-order valence-electron chi connectivity index (χ4n) is 3.33. The molecule has 0 aliphatic rings. The first-order chi connectivity index (χ1) is 14.8. The number of nitrogens with one attached hydrogen (secondary N) is 2. The van der Waals surface area contributed by atoms with Crippen LogP contribution in [-0.2, 0) is 11.2 Å². The Balaban J connectivity index is 1.55. The topological polar surface area (TPSA) is 79.8 Å². The average Bonchev–Trinajstić information content (AvgIpc) is 3.32. The summed E-state index contributed by atoms with van der Waals surface area (Å²) >= 11 is 1.38. The summed E-state index contributed by atoms with van der Waals surface area (Å²) in [6, 6.07) is 13.9. The second kappa shape index (κ2) is 8.35. The van der Waals surface area contributed by atoms with E-state index in [1.165, 1.54) is 21.6 Å². The highest BCUT2D eigenvalue weighted by molar-refractivity contribution is 7.12. The third-order valence-corrected chi connectivity index (χ3v) is 6.18. The van der Waals surface area contributed by atoms with Crippen molar-refractivity contribution in [2.75, 3.05) is 5.32 Å². The number of hydrogen-bond acceptors (Lipinski definition) is 4. The fraction of sp³-hybridized carbons (Fsp3) is 0.208. The summed E-state index contributed by atoms with van der Waals surface area (Å²) in [7, 11) is 0. The minimum Gasteiger partial charge on any atom is -0.326 e. The molecule has 7 heteroatoms. The van der Waals surface area contributed by atoms with Crippen LogP contribution >= 0.6 is 11.3 Å². The molecule has 0 aliphatic carbocycles. The molecule has 0 fully saturated rings. The van der Waals surface area contributed by atoms with Crippen molar-refractivity contribution in [3.05, 3.63) is 86.1 Å². The zero-order valence-electron chi connectivity index (χ0n) is 17.9. The van der Waals surface area contributed by atoms with E-state index in [0.717, 1.165) is 28.1 Å². The Kier molecular flexibility index (Phi) is 5.61. The third-order valence-electron chi connectivity index (χ3n) is 5.35. The molecule has 158 valence electrons. The molecule has 1 amide bonds. The molecule has 0 aliphatic heterocycles. The van der Waals surface area contributed by atoms with Gasteiger partial charge in [0.25, 0.3) is 5.56 Å². The standard InChI is InChI=1S/C24H24N4O2S/c1-14-5-8-18(9-6-14)21-13-31-24(26-21)28-23(30)20(17(4)27-28)12-22(29)25-19-10-7-15(2)16(3)11-19/h5-11,13,27H,12H2,1-4H3,(H,25,29). The maximum atomic E-state index is 13.0. The number of anilines is 1. The van der Waals surface area contributed by atoms with E-state index in [0.29, 0.717) is 16.4 Å². The van der Waals surface area contributed by atoms with Gasteiger partial charge in [0, 0.05) is 27.9 Å². The second-order valence-electron chi connectivity index (χ2n) is 7.76. The van der Waals surface area contributed by atoms with Gasteiger partial charge in [0.05, 0.1) is 12.1 Å². The van der Waals surface area contributed by atoms with Crippen LogP contribution in [0.4, 0.5) is 5.69 Å². The molecular weight excluding hydrogens is 408 g/mol. The molecule has 4 aromatic rings. The summed E-state index contributed by atoms with van der Waals surface area (Å²) in [6.07, 6.45) is -0.00269. The summed E-state index contributed by atoms with van der Waals surface area (Å²) in [4.78, 5) is 30.2. The van der Waals surface area contributed by atoms with E-state index in [-0.39, 0.29) is 17.9 Å². The number of rotatable bonds is 5. The summed E-state index contributed by atoms with van der Waals surface area (Å²) in [5.41, 5.74) is 6.83. The normalized spacial score (nSPS) is 11.0. The molecule has 0 radical (unpaired) electrons. The van der Waals surface area contributed by atoms with E-state index in [2.05, 4.69) is 15.4 Å². The van der Waals surface area contributed by atoms with E-state index < -0.39 is 0 Å². The number of carbonyl (C=O) groups is 1. The smallest absolute Gasteiger partial charge is 0.277 e. The van der Waals surface area contributed by atoms with Gasteiger partial charge in [-0.05, 0) is 51.0 Å². The number of H-pyrrole nitrogens is 1. The third kappa shape index (κ3) is 4.36. The van der Waals surface area contributed by atoms with Crippen LogP contribution in [0.15, 0.2) is 52.6 Å². The van der Waals surface area contributed by atoms with Crippen molar-refractivity contribution >= 4 is 22.9 Å². The van der Waals surface area contributed by atoms with Crippen molar-refractivity contribution in [1.82, 2.24) is 14.8 Å². The van der Waals surface area contributed by atoms with Gasteiger partial charge in [-0.15, -0.1) is 11.3 Å². The molecule has 0 spiro atoms. The maximum Gasteiger partial charge on any atom is 0.277 e. The number of hydrogen-bond donors (Lipinski definition) is 2. The number of nitrogens with zero attached hydrogens (tertiary/aromatic N) is 2. The highest BCUT2D eigenvalue weighted by atomic mass is 32.1. The molecule has 6 nitrogen and oxygen atoms in total. The number of thiazole rings is 1. The predicted octanol–water partition coefficient (Wildman–Crippen LogP) is 4.70. The van der Waals surface area contributed by atoms with Crippen LogP contribution in [0, 0.1) is 27.7 Å². The van der Waals surface area contributed by atoms with Crippen molar-refractivity contribution < 1.29 is 4.79 Å². The molecule has 4 rings (SSSR count). The summed E-state index contributed by atoms with van der Waals surface area (Å²) < 4.78 is 1.41. The lowest BCUT2D eigenvalue weighted by Gasteiger charge is -2.07. The molecule has 31 heavy (non-hydrogen) atoms. The molecule has 2 aromatic heterocycles. The van der Waals surface area contributed by atoms with Gasteiger partial charge in [-0.3, -0.25) is 14.7 Å². The Morgan fingerprint density at radius 2 is 1.81 bits per heavy atom. The van der Waals surface area contributed by atoms with Gasteiger partial charge in [0.2, 0.25) is 11.0 Å². The van der Waals surface area contributed by atoms with E-state index in [1.54, 1.807) is 6.92 Å². The van der Waals surface area contributed by atoms with Crippen molar-refractivity contribution in [2.24, 2.45) is 0 Å². The molecule has 0 saturated heterocycles. The number of carbonyl (C=O) groups excluding carboxylic acids is 1. The van der Waals surface area contributed by atoms with Crippen LogP contribution in [0.25, 0.3) is 16.4 Å². The molecule has 0 bridgehead atoms. The number of aryl methyl sites for hydroxylation is 4. The van der Waals surface area contributed by atoms with Gasteiger partial charge in [-0.1, -0.05) is 35.9 Å². The zero-order chi connectivity index (χ0) is 22.1. The van der Waals surface area contributed by atoms with E-state index >= 15 is 0 Å². The van der Waals surface area contributed by atoms with Gasteiger partial charge in [-0.25, -0.2) is 4.98 Å². The van der Waals surface area contributed by atoms with E-state index in [1.807, 2.05) is 68.6 Å². The Morgan fingerprint density at radius 3 is 2.52 bits per heavy atom. The fourth-order valence-corrected chi connectivity index (χ4v) is 4.12. The molecule has 0 unspecified atom stereocenters. The van der Waals surface area contributed by atoms with Crippen molar-refractivity contribution in [2.45, 2.75) is 34.1 Å². The maximum absolute atomic E-state index is 13.0. The van der Waals surface area contributed by atoms with Gasteiger partial charge >= 0.3 is 0 Å². The molecular formula is C24H24N4O2S. The van der Waals surface area contributed by atoms with Crippen LogP contribution in [0.3, 0.4) is 0 Å². The Morgan fingerprint density at radius 1 is 1.06 bits per heavy atom. The summed E-state index contributed by atoms with van der Waals surface area (Å²) in [6.45, 7) is 7.86. The Hall–Kier alpha value is -3.45. The lowest BCUT2D eigenvalue weighted by molar-refractivity contribution is -0.115. The molecule has 2 heterocycles.